The van der Waals surface area contributed by atoms with Crippen molar-refractivity contribution in [2.24, 2.45) is 5.73 Å². The summed E-state index contributed by atoms with van der Waals surface area (Å²) in [7, 11) is 0. The van der Waals surface area contributed by atoms with Crippen molar-refractivity contribution in [2.75, 3.05) is 19.6 Å². The summed E-state index contributed by atoms with van der Waals surface area (Å²) in [6.45, 7) is 7.61. The van der Waals surface area contributed by atoms with Crippen molar-refractivity contribution in [3.63, 3.8) is 0 Å². The van der Waals surface area contributed by atoms with Crippen LogP contribution in [-0.2, 0) is 9.53 Å². The number of aliphatic hydroxyl groups is 1. The smallest absolute Gasteiger partial charge is 0.293 e. The van der Waals surface area contributed by atoms with Crippen LogP contribution in [-0.4, -0.2) is 42.4 Å². The molecule has 0 saturated carbocycles. The lowest BCUT2D eigenvalue weighted by Crippen LogP contribution is -2.63. The summed E-state index contributed by atoms with van der Waals surface area (Å²) in [4.78, 5) is 9.60. The maximum absolute atomic E-state index is 9.60. The molecule has 5 heteroatoms. The molecule has 0 aromatic carbocycles. The molecule has 1 aliphatic heterocycles. The van der Waals surface area contributed by atoms with Gasteiger partial charge < -0.3 is 20.9 Å². The first-order valence-corrected chi connectivity index (χ1v) is 4.58. The van der Waals surface area contributed by atoms with E-state index in [1.54, 1.807) is 0 Å². The highest BCUT2D eigenvalue weighted by molar-refractivity contribution is 5.37. The second kappa shape index (κ2) is 5.29. The second-order valence-corrected chi connectivity index (χ2v) is 4.36. The molecule has 0 amide bonds. The van der Waals surface area contributed by atoms with Crippen LogP contribution in [0.15, 0.2) is 0 Å². The van der Waals surface area contributed by atoms with Gasteiger partial charge >= 0.3 is 0 Å². The molecule has 14 heavy (non-hydrogen) atoms. The van der Waals surface area contributed by atoms with Crippen LogP contribution in [0.1, 0.15) is 20.8 Å². The minimum atomic E-state index is -0.569. The number of hydrogen-bond donors (Lipinski definition) is 3. The normalized spacial score (nSPS) is 18.6. The fraction of sp³-hybridized carbons (Fsp3) is 0.889. The summed E-state index contributed by atoms with van der Waals surface area (Å²) in [6, 6.07) is 0. The van der Waals surface area contributed by atoms with Crippen molar-refractivity contribution >= 4 is 6.47 Å². The predicted molar refractivity (Wildman–Crippen MR) is 53.8 cm³/mol. The van der Waals surface area contributed by atoms with Crippen LogP contribution in [0.4, 0.5) is 0 Å². The number of nitrogens with two attached hydrogens (primary N) is 1. The van der Waals surface area contributed by atoms with E-state index >= 15 is 0 Å². The van der Waals surface area contributed by atoms with Crippen LogP contribution in [0.3, 0.4) is 0 Å². The Morgan fingerprint density at radius 3 is 2.07 bits per heavy atom. The van der Waals surface area contributed by atoms with E-state index in [1.807, 2.05) is 20.8 Å². The zero-order valence-electron chi connectivity index (χ0n) is 9.04. The SMILES string of the molecule is CC(C)(C)OC=O.NCC1(O)CNC1. The number of carbonyl (C=O) groups excluding carboxylic acids is 1. The molecule has 0 atom stereocenters. The highest BCUT2D eigenvalue weighted by Crippen LogP contribution is 2.05. The number of ether oxygens (including phenoxy) is 1. The van der Waals surface area contributed by atoms with Crippen molar-refractivity contribution in [3.8, 4) is 0 Å². The first-order valence-electron chi connectivity index (χ1n) is 4.58. The van der Waals surface area contributed by atoms with Crippen molar-refractivity contribution in [1.82, 2.24) is 5.32 Å². The van der Waals surface area contributed by atoms with E-state index in [4.69, 9.17) is 10.8 Å². The molecule has 5 nitrogen and oxygen atoms in total. The van der Waals surface area contributed by atoms with Crippen LogP contribution < -0.4 is 11.1 Å². The minimum absolute atomic E-state index is 0.318. The Bertz CT molecular complexity index is 168. The molecule has 1 fully saturated rings. The van der Waals surface area contributed by atoms with Crippen molar-refractivity contribution < 1.29 is 14.6 Å². The molecule has 1 rings (SSSR count). The molecule has 1 saturated heterocycles. The summed E-state index contributed by atoms with van der Waals surface area (Å²) in [5.41, 5.74) is 4.29. The van der Waals surface area contributed by atoms with Gasteiger partial charge in [0.05, 0.1) is 0 Å². The Hall–Kier alpha value is -0.650. The first kappa shape index (κ1) is 13.4. The molecular weight excluding hydrogens is 184 g/mol. The minimum Gasteiger partial charge on any atom is -0.462 e. The van der Waals surface area contributed by atoms with Crippen LogP contribution in [0, 0.1) is 0 Å². The summed E-state index contributed by atoms with van der Waals surface area (Å²) < 4.78 is 4.55. The number of hydrogen-bond acceptors (Lipinski definition) is 5. The number of rotatable bonds is 2. The highest BCUT2D eigenvalue weighted by Gasteiger charge is 2.31. The molecule has 1 heterocycles. The quantitative estimate of drug-likeness (QED) is 0.515. The summed E-state index contributed by atoms with van der Waals surface area (Å²) >= 11 is 0. The lowest BCUT2D eigenvalue weighted by atomic mass is 9.98. The van der Waals surface area contributed by atoms with E-state index in [9.17, 15) is 4.79 Å². The number of nitrogens with one attached hydrogen (secondary N) is 1. The molecule has 0 aromatic rings. The second-order valence-electron chi connectivity index (χ2n) is 4.36. The van der Waals surface area contributed by atoms with Gasteiger partial charge in [0.1, 0.15) is 11.2 Å². The van der Waals surface area contributed by atoms with Gasteiger partial charge in [-0.1, -0.05) is 0 Å². The number of carbonyl (C=O) groups is 1. The van der Waals surface area contributed by atoms with Crippen LogP contribution in [0.2, 0.25) is 0 Å². The van der Waals surface area contributed by atoms with Gasteiger partial charge in [0.15, 0.2) is 0 Å². The van der Waals surface area contributed by atoms with Gasteiger partial charge in [-0.3, -0.25) is 4.79 Å². The Balaban J connectivity index is 0.000000241. The fourth-order valence-electron chi connectivity index (χ4n) is 0.702. The molecule has 0 bridgehead atoms. The molecule has 0 unspecified atom stereocenters. The largest absolute Gasteiger partial charge is 0.462 e. The van der Waals surface area contributed by atoms with Crippen molar-refractivity contribution in [3.05, 3.63) is 0 Å². The zero-order valence-corrected chi connectivity index (χ0v) is 9.04. The maximum atomic E-state index is 9.60. The van der Waals surface area contributed by atoms with E-state index in [2.05, 4.69) is 10.1 Å². The summed E-state index contributed by atoms with van der Waals surface area (Å²) in [5.74, 6) is 0. The van der Waals surface area contributed by atoms with E-state index in [-0.39, 0.29) is 5.60 Å². The lowest BCUT2D eigenvalue weighted by molar-refractivity contribution is -0.138. The monoisotopic (exact) mass is 204 g/mol. The molecule has 0 radical (unpaired) electrons. The third-order valence-corrected chi connectivity index (χ3v) is 1.69. The van der Waals surface area contributed by atoms with Gasteiger partial charge in [-0.05, 0) is 20.8 Å². The molecular formula is C9H20N2O3. The van der Waals surface area contributed by atoms with Gasteiger partial charge in [0.25, 0.3) is 6.47 Å². The third kappa shape index (κ3) is 5.90. The van der Waals surface area contributed by atoms with Crippen LogP contribution >= 0.6 is 0 Å². The Kier molecular flexibility index (Phi) is 5.04. The van der Waals surface area contributed by atoms with Crippen molar-refractivity contribution in [1.29, 1.82) is 0 Å². The zero-order chi connectivity index (χ0) is 11.2. The maximum Gasteiger partial charge on any atom is 0.293 e. The summed E-state index contributed by atoms with van der Waals surface area (Å²) in [5, 5.41) is 12.0. The summed E-state index contributed by atoms with van der Waals surface area (Å²) in [6.07, 6.45) is 0. The van der Waals surface area contributed by atoms with Crippen LogP contribution in [0.25, 0.3) is 0 Å². The third-order valence-electron chi connectivity index (χ3n) is 1.69. The van der Waals surface area contributed by atoms with Crippen molar-refractivity contribution in [2.45, 2.75) is 32.0 Å². The van der Waals surface area contributed by atoms with Gasteiger partial charge in [0, 0.05) is 19.6 Å². The molecule has 84 valence electrons. The van der Waals surface area contributed by atoms with Gasteiger partial charge in [-0.2, -0.15) is 0 Å². The Labute approximate surface area is 84.6 Å². The Morgan fingerprint density at radius 2 is 2.07 bits per heavy atom. The fourth-order valence-corrected chi connectivity index (χ4v) is 0.702. The average molecular weight is 204 g/mol. The lowest BCUT2D eigenvalue weighted by Gasteiger charge is -2.36. The highest BCUT2D eigenvalue weighted by atomic mass is 16.5. The first-order chi connectivity index (χ1) is 6.33. The van der Waals surface area contributed by atoms with E-state index < -0.39 is 5.60 Å². The molecule has 1 aliphatic rings. The van der Waals surface area contributed by atoms with Gasteiger partial charge in [0.2, 0.25) is 0 Å². The molecule has 0 spiro atoms. The average Bonchev–Trinajstić information content (AvgIpc) is 1.99. The Morgan fingerprint density at radius 1 is 1.57 bits per heavy atom. The molecule has 0 aliphatic carbocycles. The standard InChI is InChI=1S/C5H10O2.C4H10N2O/c1-5(2,3)7-4-6;5-1-4(7)2-6-3-4/h4H,1-3H3;6-7H,1-3,5H2. The van der Waals surface area contributed by atoms with E-state index in [1.165, 1.54) is 0 Å². The van der Waals surface area contributed by atoms with E-state index in [0.717, 1.165) is 0 Å². The molecule has 0 aromatic heterocycles. The number of β-amino-alcohol motifs (C(OH)–C–C–N with tert-alkyl or cyclic N) is 1. The van der Waals surface area contributed by atoms with Crippen LogP contribution in [0.5, 0.6) is 0 Å². The molecule has 4 N–H and O–H groups in total. The van der Waals surface area contributed by atoms with Gasteiger partial charge in [-0.15, -0.1) is 0 Å². The topological polar surface area (TPSA) is 84.6 Å². The van der Waals surface area contributed by atoms with E-state index in [0.29, 0.717) is 26.1 Å². The van der Waals surface area contributed by atoms with Gasteiger partial charge in [-0.25, -0.2) is 0 Å². The predicted octanol–water partition coefficient (Wildman–Crippen LogP) is -0.763.